The van der Waals surface area contributed by atoms with Crippen LogP contribution in [-0.4, -0.2) is 51.7 Å². The second kappa shape index (κ2) is 4.83. The maximum absolute atomic E-state index is 11.9. The molecule has 1 saturated heterocycles. The minimum Gasteiger partial charge on any atom is -0.481 e. The second-order valence-corrected chi connectivity index (χ2v) is 4.92. The third-order valence-electron chi connectivity index (χ3n) is 3.64. The summed E-state index contributed by atoms with van der Waals surface area (Å²) in [7, 11) is 0. The van der Waals surface area contributed by atoms with Gasteiger partial charge < -0.3 is 20.4 Å². The molecule has 1 aliphatic carbocycles. The van der Waals surface area contributed by atoms with Gasteiger partial charge >= 0.3 is 18.0 Å². The number of carbonyl (C=O) groups is 3. The van der Waals surface area contributed by atoms with Gasteiger partial charge in [0.25, 0.3) is 0 Å². The smallest absolute Gasteiger partial charge is 0.326 e. The van der Waals surface area contributed by atoms with Crippen LogP contribution in [0.1, 0.15) is 25.7 Å². The van der Waals surface area contributed by atoms with Gasteiger partial charge in [0.1, 0.15) is 6.04 Å². The van der Waals surface area contributed by atoms with Gasteiger partial charge in [-0.2, -0.15) is 0 Å². The van der Waals surface area contributed by atoms with Crippen LogP contribution in [0, 0.1) is 5.92 Å². The molecule has 2 bridgehead atoms. The number of rotatable bonds is 4. The third-order valence-corrected chi connectivity index (χ3v) is 3.64. The third kappa shape index (κ3) is 2.55. The Morgan fingerprint density at radius 3 is 2.44 bits per heavy atom. The number of piperidine rings is 1. The van der Waals surface area contributed by atoms with Gasteiger partial charge in [-0.3, -0.25) is 4.79 Å². The van der Waals surface area contributed by atoms with E-state index in [0.717, 1.165) is 19.3 Å². The molecule has 2 aliphatic rings. The molecule has 0 aromatic rings. The quantitative estimate of drug-likeness (QED) is 0.661. The first kappa shape index (κ1) is 12.7. The highest BCUT2D eigenvalue weighted by Crippen LogP contribution is 2.37. The molecular formula is C11H16N2O5. The van der Waals surface area contributed by atoms with Crippen molar-refractivity contribution in [2.24, 2.45) is 5.92 Å². The number of aliphatic carboxylic acids is 2. The van der Waals surface area contributed by atoms with Crippen molar-refractivity contribution in [3.63, 3.8) is 0 Å². The highest BCUT2D eigenvalue weighted by Gasteiger charge is 2.41. The largest absolute Gasteiger partial charge is 0.481 e. The molecule has 1 heterocycles. The van der Waals surface area contributed by atoms with Crippen molar-refractivity contribution in [1.82, 2.24) is 10.2 Å². The predicted molar refractivity (Wildman–Crippen MR) is 60.0 cm³/mol. The number of hydrogen-bond donors (Lipinski definition) is 3. The maximum atomic E-state index is 11.9. The lowest BCUT2D eigenvalue weighted by Crippen LogP contribution is -2.50. The van der Waals surface area contributed by atoms with E-state index in [1.807, 2.05) is 0 Å². The maximum Gasteiger partial charge on any atom is 0.326 e. The average molecular weight is 256 g/mol. The van der Waals surface area contributed by atoms with Crippen molar-refractivity contribution in [3.8, 4) is 0 Å². The Bertz CT molecular complexity index is 384. The molecule has 3 N–H and O–H groups in total. The Morgan fingerprint density at radius 2 is 2.00 bits per heavy atom. The van der Waals surface area contributed by atoms with Gasteiger partial charge in [0.2, 0.25) is 0 Å². The molecule has 1 saturated carbocycles. The zero-order valence-electron chi connectivity index (χ0n) is 9.83. The van der Waals surface area contributed by atoms with Gasteiger partial charge in [-0.15, -0.1) is 0 Å². The molecule has 0 radical (unpaired) electrons. The first-order valence-corrected chi connectivity index (χ1v) is 5.99. The van der Waals surface area contributed by atoms with Gasteiger partial charge in [-0.1, -0.05) is 0 Å². The Morgan fingerprint density at radius 1 is 1.28 bits per heavy atom. The van der Waals surface area contributed by atoms with E-state index >= 15 is 0 Å². The second-order valence-electron chi connectivity index (χ2n) is 4.92. The monoisotopic (exact) mass is 256 g/mol. The van der Waals surface area contributed by atoms with Gasteiger partial charge in [0.15, 0.2) is 0 Å². The number of fused-ring (bicyclic) bond motifs is 2. The van der Waals surface area contributed by atoms with Crippen molar-refractivity contribution in [2.75, 3.05) is 6.54 Å². The van der Waals surface area contributed by atoms with Crippen molar-refractivity contribution >= 4 is 18.0 Å². The molecule has 0 spiro atoms. The molecule has 7 nitrogen and oxygen atoms in total. The number of amides is 2. The van der Waals surface area contributed by atoms with Crippen molar-refractivity contribution < 1.29 is 24.6 Å². The zero-order chi connectivity index (χ0) is 13.3. The topological polar surface area (TPSA) is 107 Å². The molecule has 1 aliphatic heterocycles. The number of carboxylic acids is 2. The number of carbonyl (C=O) groups excluding carboxylic acids is 1. The lowest BCUT2D eigenvalue weighted by atomic mass is 10.1. The van der Waals surface area contributed by atoms with E-state index < -0.39 is 30.4 Å². The van der Waals surface area contributed by atoms with E-state index in [0.29, 0.717) is 12.5 Å². The Kier molecular flexibility index (Phi) is 3.40. The number of hydrogen-bond acceptors (Lipinski definition) is 3. The van der Waals surface area contributed by atoms with Crippen LogP contribution < -0.4 is 5.32 Å². The van der Waals surface area contributed by atoms with Crippen LogP contribution in [0.2, 0.25) is 0 Å². The van der Waals surface area contributed by atoms with E-state index in [2.05, 4.69) is 5.32 Å². The number of urea groups is 1. The molecule has 2 rings (SSSR count). The first-order chi connectivity index (χ1) is 8.47. The lowest BCUT2D eigenvalue weighted by molar-refractivity contribution is -0.145. The van der Waals surface area contributed by atoms with Gasteiger partial charge in [-0.25, -0.2) is 9.59 Å². The predicted octanol–water partition coefficient (Wildman–Crippen LogP) is 0.108. The standard InChI is InChI=1S/C11H16N2O5/c14-9(15)4-8(10(16)17)12-11(18)13-5-6-1-2-7(13)3-6/h6-8H,1-5H2,(H,12,18)(H,14,15)(H,16,17)/t6?,7?,8-/m1/s1. The summed E-state index contributed by atoms with van der Waals surface area (Å²) in [6, 6.07) is -1.64. The fourth-order valence-corrected chi connectivity index (χ4v) is 2.78. The average Bonchev–Trinajstić information content (AvgIpc) is 2.88. The summed E-state index contributed by atoms with van der Waals surface area (Å²) in [5.41, 5.74) is 0. The van der Waals surface area contributed by atoms with Crippen LogP contribution in [0.5, 0.6) is 0 Å². The van der Waals surface area contributed by atoms with Crippen molar-refractivity contribution in [2.45, 2.75) is 37.8 Å². The van der Waals surface area contributed by atoms with Gasteiger partial charge in [0, 0.05) is 12.6 Å². The van der Waals surface area contributed by atoms with Crippen molar-refractivity contribution in [3.05, 3.63) is 0 Å². The molecule has 3 atom stereocenters. The van der Waals surface area contributed by atoms with Crippen molar-refractivity contribution in [1.29, 1.82) is 0 Å². The van der Waals surface area contributed by atoms with Gasteiger partial charge in [-0.05, 0) is 25.2 Å². The van der Waals surface area contributed by atoms with Crippen LogP contribution in [0.15, 0.2) is 0 Å². The SMILES string of the molecule is O=C(O)C[C@@H](NC(=O)N1CC2CCC1C2)C(=O)O. The fourth-order valence-electron chi connectivity index (χ4n) is 2.78. The van der Waals surface area contributed by atoms with E-state index in [9.17, 15) is 14.4 Å². The summed E-state index contributed by atoms with van der Waals surface area (Å²) < 4.78 is 0. The minimum atomic E-state index is -1.37. The number of nitrogens with one attached hydrogen (secondary N) is 1. The molecule has 100 valence electrons. The highest BCUT2D eigenvalue weighted by molar-refractivity contribution is 5.86. The number of carboxylic acid groups (broad SMARTS) is 2. The van der Waals surface area contributed by atoms with E-state index in [4.69, 9.17) is 10.2 Å². The van der Waals surface area contributed by atoms with Crippen LogP contribution >= 0.6 is 0 Å². The Hall–Kier alpha value is -1.79. The fraction of sp³-hybridized carbons (Fsp3) is 0.727. The Labute approximate surface area is 104 Å². The minimum absolute atomic E-state index is 0.189. The van der Waals surface area contributed by atoms with Crippen LogP contribution in [0.25, 0.3) is 0 Å². The molecule has 0 aromatic heterocycles. The van der Waals surface area contributed by atoms with E-state index in [1.54, 1.807) is 4.90 Å². The van der Waals surface area contributed by atoms with Crippen LogP contribution in [-0.2, 0) is 9.59 Å². The molecule has 18 heavy (non-hydrogen) atoms. The van der Waals surface area contributed by atoms with Crippen LogP contribution in [0.4, 0.5) is 4.79 Å². The number of nitrogens with zero attached hydrogens (tertiary/aromatic N) is 1. The Balaban J connectivity index is 1.92. The first-order valence-electron chi connectivity index (χ1n) is 5.99. The summed E-state index contributed by atoms with van der Waals surface area (Å²) in [4.78, 5) is 34.9. The molecule has 2 fully saturated rings. The number of likely N-dealkylation sites (tertiary alicyclic amines) is 1. The molecule has 7 heteroatoms. The molecule has 2 unspecified atom stereocenters. The lowest BCUT2D eigenvalue weighted by Gasteiger charge is -2.28. The highest BCUT2D eigenvalue weighted by atomic mass is 16.4. The van der Waals surface area contributed by atoms with Gasteiger partial charge in [0.05, 0.1) is 6.42 Å². The summed E-state index contributed by atoms with van der Waals surface area (Å²) >= 11 is 0. The summed E-state index contributed by atoms with van der Waals surface area (Å²) in [6.07, 6.45) is 2.44. The van der Waals surface area contributed by atoms with E-state index in [1.165, 1.54) is 0 Å². The van der Waals surface area contributed by atoms with Crippen LogP contribution in [0.3, 0.4) is 0 Å². The molecular weight excluding hydrogens is 240 g/mol. The summed E-state index contributed by atoms with van der Waals surface area (Å²) in [5, 5.41) is 19.7. The summed E-state index contributed by atoms with van der Waals surface area (Å²) in [6.45, 7) is 0.649. The molecule has 2 amide bonds. The van der Waals surface area contributed by atoms with E-state index in [-0.39, 0.29) is 6.04 Å². The summed E-state index contributed by atoms with van der Waals surface area (Å²) in [5.74, 6) is -2.05. The zero-order valence-corrected chi connectivity index (χ0v) is 9.83. The molecule has 0 aromatic carbocycles. The normalized spacial score (nSPS) is 27.0.